The zero-order valence-electron chi connectivity index (χ0n) is 15.5. The van der Waals surface area contributed by atoms with E-state index in [1.165, 1.54) is 44.9 Å². The van der Waals surface area contributed by atoms with Crippen molar-refractivity contribution in [3.63, 3.8) is 0 Å². The molecule has 0 unspecified atom stereocenters. The van der Waals surface area contributed by atoms with Crippen LogP contribution in [0.15, 0.2) is 0 Å². The summed E-state index contributed by atoms with van der Waals surface area (Å²) in [6, 6.07) is 0.643. The molecule has 2 aliphatic heterocycles. The first-order valence-electron chi connectivity index (χ1n) is 10.0. The van der Waals surface area contributed by atoms with Crippen molar-refractivity contribution in [2.45, 2.75) is 76.5 Å². The van der Waals surface area contributed by atoms with Crippen LogP contribution in [0.4, 0.5) is 4.79 Å². The number of amides is 2. The molecule has 3 fully saturated rings. The van der Waals surface area contributed by atoms with E-state index >= 15 is 0 Å². The molecule has 5 heteroatoms. The Morgan fingerprint density at radius 2 is 1.96 bits per heavy atom. The number of nitrogens with one attached hydrogen (secondary N) is 1. The summed E-state index contributed by atoms with van der Waals surface area (Å²) in [5.41, 5.74) is 0. The van der Waals surface area contributed by atoms with E-state index in [1.54, 1.807) is 0 Å². The van der Waals surface area contributed by atoms with Crippen molar-refractivity contribution >= 4 is 6.03 Å². The quantitative estimate of drug-likeness (QED) is 0.858. The van der Waals surface area contributed by atoms with E-state index in [1.807, 2.05) is 0 Å². The molecule has 0 bridgehead atoms. The van der Waals surface area contributed by atoms with Crippen molar-refractivity contribution in [3.05, 3.63) is 0 Å². The highest BCUT2D eigenvalue weighted by atomic mass is 16.5. The highest BCUT2D eigenvalue weighted by Crippen LogP contribution is 2.32. The summed E-state index contributed by atoms with van der Waals surface area (Å²) in [6.07, 6.45) is 10.5. The molecule has 3 aliphatic rings. The Morgan fingerprint density at radius 3 is 2.71 bits per heavy atom. The molecule has 0 spiro atoms. The summed E-state index contributed by atoms with van der Waals surface area (Å²) in [6.45, 7) is 5.63. The van der Waals surface area contributed by atoms with Gasteiger partial charge in [-0.25, -0.2) is 4.79 Å². The standard InChI is InChI=1S/C19H35N3O2/c1-15(18-14-21(2)11-12-24-18)20-19(23)22-10-6-9-17(22)13-16-7-4-3-5-8-16/h15-18H,3-14H2,1-2H3,(H,20,23)/t15-,17+,18-/m0/s1. The topological polar surface area (TPSA) is 44.8 Å². The minimum Gasteiger partial charge on any atom is -0.373 e. The van der Waals surface area contributed by atoms with E-state index in [4.69, 9.17) is 4.74 Å². The summed E-state index contributed by atoms with van der Waals surface area (Å²) < 4.78 is 5.85. The van der Waals surface area contributed by atoms with Gasteiger partial charge in [-0.05, 0) is 39.2 Å². The molecule has 0 aromatic heterocycles. The lowest BCUT2D eigenvalue weighted by atomic mass is 9.84. The number of hydrogen-bond donors (Lipinski definition) is 1. The van der Waals surface area contributed by atoms with E-state index in [2.05, 4.69) is 29.1 Å². The summed E-state index contributed by atoms with van der Waals surface area (Å²) in [5.74, 6) is 0.838. The molecule has 138 valence electrons. The van der Waals surface area contributed by atoms with Crippen LogP contribution in [0.3, 0.4) is 0 Å². The highest BCUT2D eigenvalue weighted by Gasteiger charge is 2.33. The molecule has 1 saturated carbocycles. The van der Waals surface area contributed by atoms with E-state index in [9.17, 15) is 4.79 Å². The van der Waals surface area contributed by atoms with Crippen molar-refractivity contribution in [3.8, 4) is 0 Å². The van der Waals surface area contributed by atoms with Gasteiger partial charge in [0.2, 0.25) is 0 Å². The zero-order valence-corrected chi connectivity index (χ0v) is 15.5. The van der Waals surface area contributed by atoms with Crippen LogP contribution in [-0.4, -0.2) is 67.3 Å². The third-order valence-electron chi connectivity index (χ3n) is 6.17. The Morgan fingerprint density at radius 1 is 1.17 bits per heavy atom. The predicted molar refractivity (Wildman–Crippen MR) is 96.2 cm³/mol. The van der Waals surface area contributed by atoms with Gasteiger partial charge in [0, 0.05) is 25.7 Å². The average Bonchev–Trinajstić information content (AvgIpc) is 3.04. The van der Waals surface area contributed by atoms with Gasteiger partial charge in [-0.1, -0.05) is 32.1 Å². The fraction of sp³-hybridized carbons (Fsp3) is 0.947. The number of likely N-dealkylation sites (tertiary alicyclic amines) is 1. The van der Waals surface area contributed by atoms with Crippen LogP contribution in [0, 0.1) is 5.92 Å². The van der Waals surface area contributed by atoms with Crippen molar-refractivity contribution in [1.29, 1.82) is 0 Å². The van der Waals surface area contributed by atoms with E-state index in [-0.39, 0.29) is 18.2 Å². The summed E-state index contributed by atoms with van der Waals surface area (Å²) >= 11 is 0. The highest BCUT2D eigenvalue weighted by molar-refractivity contribution is 5.75. The number of nitrogens with zero attached hydrogens (tertiary/aromatic N) is 2. The predicted octanol–water partition coefficient (Wildman–Crippen LogP) is 2.85. The lowest BCUT2D eigenvalue weighted by molar-refractivity contribution is -0.0341. The summed E-state index contributed by atoms with van der Waals surface area (Å²) in [4.78, 5) is 17.2. The maximum atomic E-state index is 12.8. The van der Waals surface area contributed by atoms with E-state index in [0.29, 0.717) is 6.04 Å². The van der Waals surface area contributed by atoms with Crippen LogP contribution in [0.25, 0.3) is 0 Å². The van der Waals surface area contributed by atoms with Gasteiger partial charge in [0.25, 0.3) is 0 Å². The van der Waals surface area contributed by atoms with Gasteiger partial charge >= 0.3 is 6.03 Å². The Labute approximate surface area is 147 Å². The summed E-state index contributed by atoms with van der Waals surface area (Å²) in [7, 11) is 2.12. The molecule has 0 aromatic carbocycles. The van der Waals surface area contributed by atoms with Gasteiger partial charge in [-0.2, -0.15) is 0 Å². The number of carbonyl (C=O) groups excluding carboxylic acids is 1. The van der Waals surface area contributed by atoms with Crippen LogP contribution in [-0.2, 0) is 4.74 Å². The molecular weight excluding hydrogens is 302 g/mol. The number of hydrogen-bond acceptors (Lipinski definition) is 3. The number of likely N-dealkylation sites (N-methyl/N-ethyl adjacent to an activating group) is 1. The van der Waals surface area contributed by atoms with Crippen LogP contribution < -0.4 is 5.32 Å². The normalized spacial score (nSPS) is 31.2. The Bertz CT molecular complexity index is 411. The Kier molecular flexibility index (Phi) is 6.39. The van der Waals surface area contributed by atoms with Gasteiger partial charge in [-0.15, -0.1) is 0 Å². The minimum atomic E-state index is 0.0659. The lowest BCUT2D eigenvalue weighted by Gasteiger charge is -2.35. The molecule has 3 rings (SSSR count). The van der Waals surface area contributed by atoms with E-state index in [0.717, 1.165) is 38.6 Å². The third kappa shape index (κ3) is 4.63. The molecule has 2 saturated heterocycles. The Hall–Kier alpha value is -0.810. The third-order valence-corrected chi connectivity index (χ3v) is 6.17. The van der Waals surface area contributed by atoms with Gasteiger partial charge in [0.05, 0.1) is 18.8 Å². The molecule has 1 aliphatic carbocycles. The number of morpholine rings is 1. The molecular formula is C19H35N3O2. The van der Waals surface area contributed by atoms with Gasteiger partial charge in [0.1, 0.15) is 0 Å². The second-order valence-electron chi connectivity index (χ2n) is 8.14. The SMILES string of the molecule is C[C@H](NC(=O)N1CCC[C@@H]1CC1CCCCC1)[C@@H]1CN(C)CCO1. The maximum Gasteiger partial charge on any atom is 0.317 e. The number of rotatable bonds is 4. The van der Waals surface area contributed by atoms with Crippen LogP contribution in [0.5, 0.6) is 0 Å². The molecule has 24 heavy (non-hydrogen) atoms. The summed E-state index contributed by atoms with van der Waals surface area (Å²) in [5, 5.41) is 3.21. The second-order valence-corrected chi connectivity index (χ2v) is 8.14. The monoisotopic (exact) mass is 337 g/mol. The first kappa shape index (κ1) is 18.0. The van der Waals surface area contributed by atoms with Crippen molar-refractivity contribution in [2.24, 2.45) is 5.92 Å². The second kappa shape index (κ2) is 8.52. The molecule has 5 nitrogen and oxygen atoms in total. The fourth-order valence-electron chi connectivity index (χ4n) is 4.64. The van der Waals surface area contributed by atoms with Crippen molar-refractivity contribution in [1.82, 2.24) is 15.1 Å². The first-order chi connectivity index (χ1) is 11.6. The largest absolute Gasteiger partial charge is 0.373 e. The van der Waals surface area contributed by atoms with Crippen LogP contribution in [0.2, 0.25) is 0 Å². The Balaban J connectivity index is 1.49. The molecule has 2 heterocycles. The van der Waals surface area contributed by atoms with Crippen LogP contribution >= 0.6 is 0 Å². The molecule has 2 amide bonds. The first-order valence-corrected chi connectivity index (χ1v) is 10.0. The zero-order chi connectivity index (χ0) is 16.9. The fourth-order valence-corrected chi connectivity index (χ4v) is 4.64. The lowest BCUT2D eigenvalue weighted by Crippen LogP contribution is -2.54. The van der Waals surface area contributed by atoms with Crippen LogP contribution in [0.1, 0.15) is 58.3 Å². The number of ether oxygens (including phenoxy) is 1. The maximum absolute atomic E-state index is 12.8. The van der Waals surface area contributed by atoms with Gasteiger partial charge < -0.3 is 19.9 Å². The average molecular weight is 338 g/mol. The molecule has 0 radical (unpaired) electrons. The van der Waals surface area contributed by atoms with Crippen molar-refractivity contribution in [2.75, 3.05) is 33.3 Å². The molecule has 0 aromatic rings. The molecule has 1 N–H and O–H groups in total. The number of urea groups is 1. The molecule has 3 atom stereocenters. The minimum absolute atomic E-state index is 0.0659. The van der Waals surface area contributed by atoms with Crippen molar-refractivity contribution < 1.29 is 9.53 Å². The smallest absolute Gasteiger partial charge is 0.317 e. The van der Waals surface area contributed by atoms with Gasteiger partial charge in [0.15, 0.2) is 0 Å². The number of carbonyl (C=O) groups is 1. The van der Waals surface area contributed by atoms with E-state index < -0.39 is 0 Å². The van der Waals surface area contributed by atoms with Gasteiger partial charge in [-0.3, -0.25) is 0 Å².